The molecule has 0 radical (unpaired) electrons. The van der Waals surface area contributed by atoms with Gasteiger partial charge in [0.15, 0.2) is 0 Å². The Labute approximate surface area is 103 Å². The monoisotopic (exact) mass is 244 g/mol. The molecule has 0 aliphatic rings. The third-order valence-corrected chi connectivity index (χ3v) is 2.70. The van der Waals surface area contributed by atoms with Crippen LogP contribution < -0.4 is 11.1 Å². The van der Waals surface area contributed by atoms with Crippen LogP contribution in [-0.2, 0) is 14.3 Å². The highest BCUT2D eigenvalue weighted by Crippen LogP contribution is 2.07. The Kier molecular flexibility index (Phi) is 7.54. The zero-order chi connectivity index (χ0) is 13.4. The lowest BCUT2D eigenvalue weighted by atomic mass is 10.0. The van der Waals surface area contributed by atoms with Crippen molar-refractivity contribution in [1.82, 2.24) is 5.32 Å². The molecule has 3 N–H and O–H groups in total. The molecule has 2 unspecified atom stereocenters. The van der Waals surface area contributed by atoms with E-state index in [4.69, 9.17) is 5.73 Å². The van der Waals surface area contributed by atoms with Crippen molar-refractivity contribution in [1.29, 1.82) is 0 Å². The fourth-order valence-electron chi connectivity index (χ4n) is 1.37. The summed E-state index contributed by atoms with van der Waals surface area (Å²) in [6, 6.07) is -0.569. The van der Waals surface area contributed by atoms with E-state index in [0.29, 0.717) is 18.9 Å². The number of amides is 1. The summed E-state index contributed by atoms with van der Waals surface area (Å²) in [5.74, 6) is -0.204. The largest absolute Gasteiger partial charge is 0.467 e. The van der Waals surface area contributed by atoms with Crippen LogP contribution in [0.3, 0.4) is 0 Å². The van der Waals surface area contributed by atoms with Crippen molar-refractivity contribution in [3.05, 3.63) is 0 Å². The van der Waals surface area contributed by atoms with E-state index < -0.39 is 12.0 Å². The zero-order valence-electron chi connectivity index (χ0n) is 11.2. The molecule has 0 spiro atoms. The van der Waals surface area contributed by atoms with Gasteiger partial charge in [-0.3, -0.25) is 4.79 Å². The molecule has 0 heterocycles. The highest BCUT2D eigenvalue weighted by Gasteiger charge is 2.24. The first-order chi connectivity index (χ1) is 7.92. The Morgan fingerprint density at radius 3 is 2.29 bits per heavy atom. The molecule has 2 atom stereocenters. The second-order valence-electron chi connectivity index (χ2n) is 4.69. The lowest BCUT2D eigenvalue weighted by Crippen LogP contribution is -2.45. The number of hydrogen-bond donors (Lipinski definition) is 2. The second kappa shape index (κ2) is 8.06. The molecule has 0 aromatic rings. The van der Waals surface area contributed by atoms with Crippen LogP contribution in [0.4, 0.5) is 0 Å². The van der Waals surface area contributed by atoms with Crippen LogP contribution in [0, 0.1) is 11.8 Å². The fourth-order valence-corrected chi connectivity index (χ4v) is 1.37. The van der Waals surface area contributed by atoms with E-state index >= 15 is 0 Å². The number of nitrogens with two attached hydrogens (primary N) is 1. The van der Waals surface area contributed by atoms with Gasteiger partial charge in [-0.15, -0.1) is 0 Å². The summed E-state index contributed by atoms with van der Waals surface area (Å²) in [7, 11) is 1.32. The van der Waals surface area contributed by atoms with E-state index in [-0.39, 0.29) is 11.8 Å². The van der Waals surface area contributed by atoms with Crippen molar-refractivity contribution in [2.75, 3.05) is 13.7 Å². The SMILES string of the molecule is COC(=O)C(NC(=O)CCC(C)CN)C(C)C. The summed E-state index contributed by atoms with van der Waals surface area (Å²) >= 11 is 0. The highest BCUT2D eigenvalue weighted by atomic mass is 16.5. The molecule has 5 heteroatoms. The second-order valence-corrected chi connectivity index (χ2v) is 4.69. The highest BCUT2D eigenvalue weighted by molar-refractivity contribution is 5.84. The lowest BCUT2D eigenvalue weighted by molar-refractivity contribution is -0.146. The maximum atomic E-state index is 11.6. The molecular weight excluding hydrogens is 220 g/mol. The van der Waals surface area contributed by atoms with Crippen LogP contribution in [0.1, 0.15) is 33.6 Å². The number of hydrogen-bond acceptors (Lipinski definition) is 4. The topological polar surface area (TPSA) is 81.4 Å². The van der Waals surface area contributed by atoms with Gasteiger partial charge in [-0.05, 0) is 24.8 Å². The maximum absolute atomic E-state index is 11.6. The van der Waals surface area contributed by atoms with Gasteiger partial charge in [-0.1, -0.05) is 20.8 Å². The van der Waals surface area contributed by atoms with Gasteiger partial charge in [-0.25, -0.2) is 4.79 Å². The Morgan fingerprint density at radius 1 is 1.29 bits per heavy atom. The van der Waals surface area contributed by atoms with E-state index in [2.05, 4.69) is 10.1 Å². The number of carbonyl (C=O) groups excluding carboxylic acids is 2. The standard InChI is InChI=1S/C12H24N2O3/c1-8(2)11(12(16)17-4)14-10(15)6-5-9(3)7-13/h8-9,11H,5-7,13H2,1-4H3,(H,14,15). The quantitative estimate of drug-likeness (QED) is 0.645. The van der Waals surface area contributed by atoms with Crippen LogP contribution in [0.2, 0.25) is 0 Å². The van der Waals surface area contributed by atoms with Crippen molar-refractivity contribution >= 4 is 11.9 Å². The minimum absolute atomic E-state index is 0.0123. The summed E-state index contributed by atoms with van der Waals surface area (Å²) in [5.41, 5.74) is 5.47. The van der Waals surface area contributed by atoms with E-state index in [1.807, 2.05) is 20.8 Å². The number of carbonyl (C=O) groups is 2. The molecule has 1 amide bonds. The summed E-state index contributed by atoms with van der Waals surface area (Å²) < 4.78 is 4.65. The maximum Gasteiger partial charge on any atom is 0.328 e. The molecule has 0 aliphatic heterocycles. The number of nitrogens with one attached hydrogen (secondary N) is 1. The zero-order valence-corrected chi connectivity index (χ0v) is 11.2. The summed E-state index contributed by atoms with van der Waals surface area (Å²) in [4.78, 5) is 23.1. The van der Waals surface area contributed by atoms with Gasteiger partial charge in [0, 0.05) is 6.42 Å². The van der Waals surface area contributed by atoms with Gasteiger partial charge in [0.1, 0.15) is 6.04 Å². The van der Waals surface area contributed by atoms with Crippen LogP contribution in [0.5, 0.6) is 0 Å². The fraction of sp³-hybridized carbons (Fsp3) is 0.833. The molecule has 17 heavy (non-hydrogen) atoms. The predicted octanol–water partition coefficient (Wildman–Crippen LogP) is 0.675. The van der Waals surface area contributed by atoms with Crippen LogP contribution in [0.25, 0.3) is 0 Å². The first kappa shape index (κ1) is 15.9. The molecular formula is C12H24N2O3. The van der Waals surface area contributed by atoms with E-state index in [0.717, 1.165) is 6.42 Å². The molecule has 0 bridgehead atoms. The minimum atomic E-state index is -0.569. The van der Waals surface area contributed by atoms with Crippen LogP contribution in [-0.4, -0.2) is 31.6 Å². The third-order valence-electron chi connectivity index (χ3n) is 2.70. The number of methoxy groups -OCH3 is 1. The van der Waals surface area contributed by atoms with Crippen molar-refractivity contribution in [3.63, 3.8) is 0 Å². The van der Waals surface area contributed by atoms with Crippen LogP contribution in [0.15, 0.2) is 0 Å². The van der Waals surface area contributed by atoms with Gasteiger partial charge in [0.2, 0.25) is 5.91 Å². The smallest absolute Gasteiger partial charge is 0.328 e. The lowest BCUT2D eigenvalue weighted by Gasteiger charge is -2.20. The summed E-state index contributed by atoms with van der Waals surface area (Å²) in [6.45, 7) is 6.29. The Morgan fingerprint density at radius 2 is 1.88 bits per heavy atom. The summed E-state index contributed by atoms with van der Waals surface area (Å²) in [5, 5.41) is 2.69. The normalized spacial score (nSPS) is 14.2. The van der Waals surface area contributed by atoms with Crippen molar-refractivity contribution in [2.45, 2.75) is 39.7 Å². The van der Waals surface area contributed by atoms with Gasteiger partial charge < -0.3 is 15.8 Å². The van der Waals surface area contributed by atoms with Gasteiger partial charge in [0.05, 0.1) is 7.11 Å². The number of esters is 1. The van der Waals surface area contributed by atoms with Gasteiger partial charge in [0.25, 0.3) is 0 Å². The first-order valence-corrected chi connectivity index (χ1v) is 5.99. The molecule has 0 saturated carbocycles. The Bertz CT molecular complexity index is 254. The van der Waals surface area contributed by atoms with E-state index in [1.165, 1.54) is 7.11 Å². The van der Waals surface area contributed by atoms with E-state index in [9.17, 15) is 9.59 Å². The molecule has 0 aliphatic carbocycles. The Balaban J connectivity index is 4.18. The molecule has 5 nitrogen and oxygen atoms in total. The van der Waals surface area contributed by atoms with Crippen molar-refractivity contribution < 1.29 is 14.3 Å². The summed E-state index contributed by atoms with van der Waals surface area (Å²) in [6.07, 6.45) is 1.12. The van der Waals surface area contributed by atoms with Crippen molar-refractivity contribution in [2.24, 2.45) is 17.6 Å². The number of rotatable bonds is 7. The number of ether oxygens (including phenoxy) is 1. The van der Waals surface area contributed by atoms with E-state index in [1.54, 1.807) is 0 Å². The molecule has 0 rings (SSSR count). The van der Waals surface area contributed by atoms with Gasteiger partial charge >= 0.3 is 5.97 Å². The predicted molar refractivity (Wildman–Crippen MR) is 66.2 cm³/mol. The molecule has 100 valence electrons. The molecule has 0 aromatic carbocycles. The Hall–Kier alpha value is -1.10. The third kappa shape index (κ3) is 6.26. The molecule has 0 saturated heterocycles. The molecule has 0 fully saturated rings. The molecule has 0 aromatic heterocycles. The van der Waals surface area contributed by atoms with Gasteiger partial charge in [-0.2, -0.15) is 0 Å². The first-order valence-electron chi connectivity index (χ1n) is 5.99. The average Bonchev–Trinajstić information content (AvgIpc) is 2.31. The minimum Gasteiger partial charge on any atom is -0.467 e. The average molecular weight is 244 g/mol. The van der Waals surface area contributed by atoms with Crippen LogP contribution >= 0.6 is 0 Å². The van der Waals surface area contributed by atoms with Crippen molar-refractivity contribution in [3.8, 4) is 0 Å².